The quantitative estimate of drug-likeness (QED) is 0.447. The Bertz CT molecular complexity index is 557. The smallest absolute Gasteiger partial charge is 0.146 e. The molecule has 0 N–H and O–H groups in total. The van der Waals surface area contributed by atoms with Crippen LogP contribution in [0.4, 0.5) is 0 Å². The lowest BCUT2D eigenvalue weighted by molar-refractivity contribution is -0.105. The molecule has 0 bridgehead atoms. The van der Waals surface area contributed by atoms with Crippen molar-refractivity contribution in [1.82, 2.24) is 0 Å². The number of hydrogen-bond donors (Lipinski definition) is 0. The van der Waals surface area contributed by atoms with Crippen LogP contribution in [0, 0.1) is 34.5 Å². The lowest BCUT2D eigenvalue weighted by atomic mass is 9.48. The van der Waals surface area contributed by atoms with E-state index in [2.05, 4.69) is 32.9 Å². The van der Waals surface area contributed by atoms with Gasteiger partial charge in [0.2, 0.25) is 0 Å². The second kappa shape index (κ2) is 8.44. The summed E-state index contributed by atoms with van der Waals surface area (Å²) in [5.74, 6) is 3.58. The van der Waals surface area contributed by atoms with Crippen molar-refractivity contribution < 1.29 is 4.79 Å². The average molecular weight is 359 g/mol. The van der Waals surface area contributed by atoms with Crippen molar-refractivity contribution in [3.8, 4) is 0 Å². The standard InChI is InChI=1S/C21H30O.2C2H6/c1-14-4-7-18-17-6-5-16-12-15(13-22)8-10-21(16,3)19(17)9-11-20(14,18)2;2*1-2/h5,12-14,17-19H,4,6-11H2,1-3H3;2*1-2H3/t14-,17?,18?,19?,20?,21?;;/m0../s1. The Morgan fingerprint density at radius 2 is 1.69 bits per heavy atom. The predicted molar refractivity (Wildman–Crippen MR) is 113 cm³/mol. The zero-order valence-corrected chi connectivity index (χ0v) is 18.4. The molecule has 148 valence electrons. The second-order valence-corrected chi connectivity index (χ2v) is 9.05. The molecule has 5 unspecified atom stereocenters. The van der Waals surface area contributed by atoms with Gasteiger partial charge in [-0.3, -0.25) is 4.79 Å². The van der Waals surface area contributed by atoms with E-state index in [1.54, 1.807) is 0 Å². The predicted octanol–water partition coefficient (Wildman–Crippen LogP) is 7.37. The number of fused-ring (bicyclic) bond motifs is 5. The minimum atomic E-state index is 0.336. The second-order valence-electron chi connectivity index (χ2n) is 9.05. The van der Waals surface area contributed by atoms with Crippen molar-refractivity contribution in [3.63, 3.8) is 0 Å². The van der Waals surface area contributed by atoms with Gasteiger partial charge in [0.25, 0.3) is 0 Å². The first-order chi connectivity index (χ1) is 12.5. The third-order valence-electron chi connectivity index (χ3n) is 8.42. The maximum Gasteiger partial charge on any atom is 0.146 e. The van der Waals surface area contributed by atoms with Crippen molar-refractivity contribution in [2.24, 2.45) is 34.5 Å². The van der Waals surface area contributed by atoms with Crippen LogP contribution in [0.2, 0.25) is 0 Å². The molecule has 1 heteroatoms. The molecule has 0 aromatic rings. The molecule has 0 heterocycles. The van der Waals surface area contributed by atoms with Crippen molar-refractivity contribution in [2.45, 2.75) is 93.4 Å². The van der Waals surface area contributed by atoms with Gasteiger partial charge in [-0.05, 0) is 90.6 Å². The Labute approximate surface area is 162 Å². The molecule has 6 atom stereocenters. The van der Waals surface area contributed by atoms with E-state index in [1.807, 2.05) is 27.7 Å². The Balaban J connectivity index is 0.000000570. The van der Waals surface area contributed by atoms with Crippen LogP contribution in [0.5, 0.6) is 0 Å². The summed E-state index contributed by atoms with van der Waals surface area (Å²) in [4.78, 5) is 11.2. The van der Waals surface area contributed by atoms with Crippen LogP contribution < -0.4 is 0 Å². The van der Waals surface area contributed by atoms with E-state index < -0.39 is 0 Å². The maximum atomic E-state index is 11.2. The van der Waals surface area contributed by atoms with E-state index in [-0.39, 0.29) is 0 Å². The fourth-order valence-corrected chi connectivity index (χ4v) is 6.70. The molecule has 0 aromatic carbocycles. The lowest BCUT2D eigenvalue weighted by Crippen LogP contribution is -2.49. The first kappa shape index (κ1) is 21.5. The van der Waals surface area contributed by atoms with Gasteiger partial charge in [0.1, 0.15) is 6.29 Å². The van der Waals surface area contributed by atoms with Gasteiger partial charge < -0.3 is 0 Å². The van der Waals surface area contributed by atoms with Crippen LogP contribution in [0.3, 0.4) is 0 Å². The molecule has 2 saturated carbocycles. The van der Waals surface area contributed by atoms with E-state index in [1.165, 1.54) is 44.1 Å². The van der Waals surface area contributed by atoms with E-state index in [4.69, 9.17) is 0 Å². The van der Waals surface area contributed by atoms with E-state index >= 15 is 0 Å². The van der Waals surface area contributed by atoms with Crippen LogP contribution >= 0.6 is 0 Å². The molecule has 26 heavy (non-hydrogen) atoms. The number of allylic oxidation sites excluding steroid dienone is 4. The maximum absolute atomic E-state index is 11.2. The summed E-state index contributed by atoms with van der Waals surface area (Å²) in [6.07, 6.45) is 14.9. The van der Waals surface area contributed by atoms with Crippen LogP contribution in [-0.2, 0) is 4.79 Å². The summed E-state index contributed by atoms with van der Waals surface area (Å²) in [7, 11) is 0. The zero-order chi connectivity index (χ0) is 19.5. The minimum Gasteiger partial charge on any atom is -0.298 e. The molecule has 0 saturated heterocycles. The molecular formula is C25H42O. The summed E-state index contributed by atoms with van der Waals surface area (Å²) in [6.45, 7) is 15.6. The van der Waals surface area contributed by atoms with Gasteiger partial charge in [0, 0.05) is 0 Å². The summed E-state index contributed by atoms with van der Waals surface area (Å²) >= 11 is 0. The molecule has 1 nitrogen and oxygen atoms in total. The largest absolute Gasteiger partial charge is 0.298 e. The van der Waals surface area contributed by atoms with Crippen molar-refractivity contribution in [1.29, 1.82) is 0 Å². The highest BCUT2D eigenvalue weighted by molar-refractivity contribution is 5.75. The third kappa shape index (κ3) is 3.25. The van der Waals surface area contributed by atoms with Crippen molar-refractivity contribution >= 4 is 6.29 Å². The van der Waals surface area contributed by atoms with Crippen molar-refractivity contribution in [3.05, 3.63) is 23.3 Å². The summed E-state index contributed by atoms with van der Waals surface area (Å²) in [5, 5.41) is 0. The van der Waals surface area contributed by atoms with E-state index in [9.17, 15) is 4.79 Å². The fraction of sp³-hybridized carbons (Fsp3) is 0.800. The molecule has 4 rings (SSSR count). The van der Waals surface area contributed by atoms with Crippen LogP contribution in [0.25, 0.3) is 0 Å². The highest BCUT2D eigenvalue weighted by atomic mass is 16.1. The summed E-state index contributed by atoms with van der Waals surface area (Å²) in [5.41, 5.74) is 3.43. The van der Waals surface area contributed by atoms with Crippen LogP contribution in [0.1, 0.15) is 93.4 Å². The Hall–Kier alpha value is -0.850. The molecule has 0 amide bonds. The van der Waals surface area contributed by atoms with Gasteiger partial charge in [-0.2, -0.15) is 0 Å². The highest BCUT2D eigenvalue weighted by Gasteiger charge is 2.57. The van der Waals surface area contributed by atoms with Crippen LogP contribution in [-0.4, -0.2) is 6.29 Å². The molecule has 4 aliphatic carbocycles. The Morgan fingerprint density at radius 3 is 2.35 bits per heavy atom. The molecule has 0 spiro atoms. The lowest BCUT2D eigenvalue weighted by Gasteiger charge is -2.57. The number of carbonyl (C=O) groups is 1. The van der Waals surface area contributed by atoms with E-state index in [0.717, 1.165) is 42.0 Å². The summed E-state index contributed by atoms with van der Waals surface area (Å²) in [6, 6.07) is 0. The molecule has 4 aliphatic rings. The molecule has 0 radical (unpaired) electrons. The SMILES string of the molecule is CC.CC.C[C@H]1CCC2C3CC=C4C=C(C=O)CCC4(C)C3CCC21C. The molecule has 0 aliphatic heterocycles. The zero-order valence-electron chi connectivity index (χ0n) is 18.4. The number of carbonyl (C=O) groups excluding carboxylic acids is 1. The van der Waals surface area contributed by atoms with Crippen molar-refractivity contribution in [2.75, 3.05) is 0 Å². The van der Waals surface area contributed by atoms with Crippen LogP contribution in [0.15, 0.2) is 23.3 Å². The number of aldehydes is 1. The Morgan fingerprint density at radius 1 is 1.00 bits per heavy atom. The van der Waals surface area contributed by atoms with Gasteiger partial charge in [-0.15, -0.1) is 0 Å². The normalized spacial score (nSPS) is 43.0. The number of hydrogen-bond acceptors (Lipinski definition) is 1. The Kier molecular flexibility index (Phi) is 6.97. The minimum absolute atomic E-state index is 0.336. The third-order valence-corrected chi connectivity index (χ3v) is 8.42. The van der Waals surface area contributed by atoms with E-state index in [0.29, 0.717) is 10.8 Å². The first-order valence-corrected chi connectivity index (χ1v) is 11.4. The summed E-state index contributed by atoms with van der Waals surface area (Å²) < 4.78 is 0. The fourth-order valence-electron chi connectivity index (χ4n) is 6.70. The number of rotatable bonds is 1. The molecule has 0 aromatic heterocycles. The monoisotopic (exact) mass is 358 g/mol. The van der Waals surface area contributed by atoms with Gasteiger partial charge in [0.15, 0.2) is 0 Å². The highest BCUT2D eigenvalue weighted by Crippen LogP contribution is 2.65. The van der Waals surface area contributed by atoms with Gasteiger partial charge in [0.05, 0.1) is 0 Å². The average Bonchev–Trinajstić information content (AvgIpc) is 2.99. The van der Waals surface area contributed by atoms with Gasteiger partial charge in [-0.1, -0.05) is 60.6 Å². The first-order valence-electron chi connectivity index (χ1n) is 11.4. The molecule has 2 fully saturated rings. The topological polar surface area (TPSA) is 17.1 Å². The van der Waals surface area contributed by atoms with Gasteiger partial charge >= 0.3 is 0 Å². The molecular weight excluding hydrogens is 316 g/mol. The van der Waals surface area contributed by atoms with Gasteiger partial charge in [-0.25, -0.2) is 0 Å².